The van der Waals surface area contributed by atoms with Gasteiger partial charge in [-0.2, -0.15) is 0 Å². The minimum Gasteiger partial charge on any atom is -0.357 e. The predicted molar refractivity (Wildman–Crippen MR) is 117 cm³/mol. The van der Waals surface area contributed by atoms with Crippen molar-refractivity contribution in [3.8, 4) is 0 Å². The summed E-state index contributed by atoms with van der Waals surface area (Å²) in [5.74, 6) is 1.48. The van der Waals surface area contributed by atoms with Crippen LogP contribution in [0.25, 0.3) is 0 Å². The van der Waals surface area contributed by atoms with E-state index in [1.165, 1.54) is 6.07 Å². The number of benzene rings is 1. The molecular formula is C22H31FN6. The number of hydrogen-bond donors (Lipinski definition) is 2. The molecule has 1 aliphatic heterocycles. The first-order valence-electron chi connectivity index (χ1n) is 10.4. The summed E-state index contributed by atoms with van der Waals surface area (Å²) in [6.45, 7) is 11.2. The molecule has 2 aromatic rings. The first kappa shape index (κ1) is 21.0. The van der Waals surface area contributed by atoms with E-state index in [-0.39, 0.29) is 5.82 Å². The van der Waals surface area contributed by atoms with Crippen molar-refractivity contribution in [1.82, 2.24) is 20.5 Å². The van der Waals surface area contributed by atoms with Crippen molar-refractivity contribution >= 4 is 11.8 Å². The van der Waals surface area contributed by atoms with Crippen LogP contribution >= 0.6 is 0 Å². The van der Waals surface area contributed by atoms with Crippen LogP contribution in [0, 0.1) is 5.82 Å². The predicted octanol–water partition coefficient (Wildman–Crippen LogP) is 2.62. The molecular weight excluding hydrogens is 367 g/mol. The number of anilines is 1. The molecule has 0 amide bonds. The number of pyridine rings is 1. The molecule has 1 saturated heterocycles. The fourth-order valence-electron chi connectivity index (χ4n) is 3.32. The molecule has 0 aliphatic carbocycles. The van der Waals surface area contributed by atoms with Gasteiger partial charge in [0, 0.05) is 51.0 Å². The minimum atomic E-state index is -0.213. The van der Waals surface area contributed by atoms with Crippen molar-refractivity contribution < 1.29 is 4.39 Å². The molecule has 29 heavy (non-hydrogen) atoms. The lowest BCUT2D eigenvalue weighted by Gasteiger charge is -2.34. The first-order chi connectivity index (χ1) is 14.2. The summed E-state index contributed by atoms with van der Waals surface area (Å²) in [6, 6.07) is 10.9. The number of likely N-dealkylation sites (N-methyl/N-ethyl adjacent to an activating group) is 1. The van der Waals surface area contributed by atoms with E-state index in [0.29, 0.717) is 24.6 Å². The van der Waals surface area contributed by atoms with Crippen LogP contribution in [0.3, 0.4) is 0 Å². The maximum Gasteiger partial charge on any atom is 0.191 e. The lowest BCUT2D eigenvalue weighted by atomic mass is 10.2. The van der Waals surface area contributed by atoms with Crippen molar-refractivity contribution in [3.05, 3.63) is 59.5 Å². The molecule has 7 heteroatoms. The number of aliphatic imine (C=N–C) groups is 1. The Hall–Kier alpha value is -2.67. The number of halogens is 1. The molecule has 6 nitrogen and oxygen atoms in total. The number of aromatic nitrogens is 1. The number of nitrogens with one attached hydrogen (secondary N) is 2. The van der Waals surface area contributed by atoms with E-state index in [9.17, 15) is 4.39 Å². The molecule has 1 aliphatic rings. The molecule has 1 aromatic heterocycles. The Morgan fingerprint density at radius 3 is 2.52 bits per heavy atom. The van der Waals surface area contributed by atoms with E-state index in [2.05, 4.69) is 49.5 Å². The maximum absolute atomic E-state index is 13.8. The van der Waals surface area contributed by atoms with Gasteiger partial charge in [0.15, 0.2) is 5.96 Å². The third kappa shape index (κ3) is 6.15. The van der Waals surface area contributed by atoms with Crippen molar-refractivity contribution in [3.63, 3.8) is 0 Å². The van der Waals surface area contributed by atoms with Gasteiger partial charge in [-0.3, -0.25) is 0 Å². The number of rotatable bonds is 7. The lowest BCUT2D eigenvalue weighted by molar-refractivity contribution is 0.270. The minimum absolute atomic E-state index is 0.213. The van der Waals surface area contributed by atoms with Gasteiger partial charge < -0.3 is 20.4 Å². The highest BCUT2D eigenvalue weighted by Crippen LogP contribution is 2.14. The van der Waals surface area contributed by atoms with E-state index in [4.69, 9.17) is 0 Å². The first-order valence-corrected chi connectivity index (χ1v) is 10.4. The van der Waals surface area contributed by atoms with Gasteiger partial charge in [-0.15, -0.1) is 0 Å². The van der Waals surface area contributed by atoms with Crippen LogP contribution in [0.2, 0.25) is 0 Å². The van der Waals surface area contributed by atoms with Gasteiger partial charge in [-0.25, -0.2) is 14.4 Å². The average molecular weight is 399 g/mol. The molecule has 0 atom stereocenters. The van der Waals surface area contributed by atoms with E-state index in [1.54, 1.807) is 12.1 Å². The Balaban J connectivity index is 1.55. The Bertz CT molecular complexity index is 784. The van der Waals surface area contributed by atoms with E-state index < -0.39 is 0 Å². The third-order valence-corrected chi connectivity index (χ3v) is 5.12. The molecule has 156 valence electrons. The summed E-state index contributed by atoms with van der Waals surface area (Å²) in [5.41, 5.74) is 1.66. The number of guanidine groups is 1. The second-order valence-corrected chi connectivity index (χ2v) is 7.09. The molecule has 3 rings (SSSR count). The van der Waals surface area contributed by atoms with Crippen LogP contribution in [-0.2, 0) is 13.1 Å². The van der Waals surface area contributed by atoms with Crippen LogP contribution in [0.1, 0.15) is 25.0 Å². The normalized spacial score (nSPS) is 15.4. The maximum atomic E-state index is 13.8. The molecule has 1 aromatic carbocycles. The molecule has 1 fully saturated rings. The largest absolute Gasteiger partial charge is 0.357 e. The topological polar surface area (TPSA) is 55.8 Å². The fraction of sp³-hybridized carbons (Fsp3) is 0.455. The van der Waals surface area contributed by atoms with Crippen molar-refractivity contribution in [2.45, 2.75) is 26.9 Å². The van der Waals surface area contributed by atoms with Crippen LogP contribution in [0.4, 0.5) is 10.2 Å². The molecule has 0 radical (unpaired) electrons. The molecule has 2 N–H and O–H groups in total. The molecule has 0 spiro atoms. The summed E-state index contributed by atoms with van der Waals surface area (Å²) < 4.78 is 13.8. The summed E-state index contributed by atoms with van der Waals surface area (Å²) in [6.07, 6.45) is 1.89. The zero-order valence-electron chi connectivity index (χ0n) is 17.4. The van der Waals surface area contributed by atoms with Crippen LogP contribution in [0.15, 0.2) is 47.6 Å². The second-order valence-electron chi connectivity index (χ2n) is 7.09. The Labute approximate surface area is 172 Å². The summed E-state index contributed by atoms with van der Waals surface area (Å²) in [4.78, 5) is 14.0. The number of hydrogen-bond acceptors (Lipinski definition) is 4. The highest BCUT2D eigenvalue weighted by Gasteiger charge is 2.16. The summed E-state index contributed by atoms with van der Waals surface area (Å²) >= 11 is 0. The van der Waals surface area contributed by atoms with Gasteiger partial charge in [0.05, 0.1) is 6.54 Å². The zero-order chi connectivity index (χ0) is 20.5. The second kappa shape index (κ2) is 10.8. The monoisotopic (exact) mass is 398 g/mol. The Kier molecular flexibility index (Phi) is 7.81. The van der Waals surface area contributed by atoms with Crippen molar-refractivity contribution in [2.75, 3.05) is 44.2 Å². The Morgan fingerprint density at radius 2 is 1.86 bits per heavy atom. The van der Waals surface area contributed by atoms with Gasteiger partial charge >= 0.3 is 0 Å². The highest BCUT2D eigenvalue weighted by molar-refractivity contribution is 5.79. The van der Waals surface area contributed by atoms with Crippen molar-refractivity contribution in [1.29, 1.82) is 0 Å². The fourth-order valence-corrected chi connectivity index (χ4v) is 3.32. The summed E-state index contributed by atoms with van der Waals surface area (Å²) in [5, 5.41) is 6.38. The van der Waals surface area contributed by atoms with E-state index in [0.717, 1.165) is 50.6 Å². The average Bonchev–Trinajstić information content (AvgIpc) is 2.77. The SMILES string of the molecule is CCNC(=NCc1ccc(N2CCN(CC)CC2)nc1)NCc1ccccc1F. The zero-order valence-corrected chi connectivity index (χ0v) is 17.4. The molecule has 0 bridgehead atoms. The van der Waals surface area contributed by atoms with Gasteiger partial charge in [0.2, 0.25) is 0 Å². The van der Waals surface area contributed by atoms with Crippen LogP contribution < -0.4 is 15.5 Å². The van der Waals surface area contributed by atoms with Crippen LogP contribution in [-0.4, -0.2) is 55.1 Å². The quantitative estimate of drug-likeness (QED) is 0.555. The molecule has 2 heterocycles. The molecule has 0 saturated carbocycles. The Morgan fingerprint density at radius 1 is 1.07 bits per heavy atom. The van der Waals surface area contributed by atoms with Gasteiger partial charge in [-0.05, 0) is 31.2 Å². The lowest BCUT2D eigenvalue weighted by Crippen LogP contribution is -2.46. The highest BCUT2D eigenvalue weighted by atomic mass is 19.1. The van der Waals surface area contributed by atoms with Gasteiger partial charge in [0.25, 0.3) is 0 Å². The third-order valence-electron chi connectivity index (χ3n) is 5.12. The number of nitrogens with zero attached hydrogens (tertiary/aromatic N) is 4. The number of piperazine rings is 1. The van der Waals surface area contributed by atoms with Gasteiger partial charge in [-0.1, -0.05) is 31.2 Å². The van der Waals surface area contributed by atoms with E-state index >= 15 is 0 Å². The van der Waals surface area contributed by atoms with Crippen LogP contribution in [0.5, 0.6) is 0 Å². The standard InChI is InChI=1S/C22H31FN6/c1-3-24-22(27-17-19-7-5-6-8-20(19)23)26-16-18-9-10-21(25-15-18)29-13-11-28(4-2)12-14-29/h5-10,15H,3-4,11-14,16-17H2,1-2H3,(H2,24,26,27). The smallest absolute Gasteiger partial charge is 0.191 e. The van der Waals surface area contributed by atoms with E-state index in [1.807, 2.05) is 19.2 Å². The van der Waals surface area contributed by atoms with Gasteiger partial charge in [0.1, 0.15) is 11.6 Å². The summed E-state index contributed by atoms with van der Waals surface area (Å²) in [7, 11) is 0. The van der Waals surface area contributed by atoms with Crippen molar-refractivity contribution in [2.24, 2.45) is 4.99 Å². The molecule has 0 unspecified atom stereocenters.